The van der Waals surface area contributed by atoms with Crippen LogP contribution in [0.25, 0.3) is 22.0 Å². The molecule has 1 aliphatic rings. The Hall–Kier alpha value is -3.81. The van der Waals surface area contributed by atoms with Gasteiger partial charge in [0.05, 0.1) is 37.0 Å². The highest BCUT2D eigenvalue weighted by Gasteiger charge is 2.36. The molecule has 0 aliphatic carbocycles. The minimum atomic E-state index is -0.849. The van der Waals surface area contributed by atoms with Gasteiger partial charge in [0.1, 0.15) is 11.8 Å². The van der Waals surface area contributed by atoms with E-state index in [-0.39, 0.29) is 22.1 Å². The summed E-state index contributed by atoms with van der Waals surface area (Å²) in [6.45, 7) is 3.30. The number of fused-ring (bicyclic) bond motifs is 3. The zero-order valence-electron chi connectivity index (χ0n) is 16.9. The number of aromatic amines is 1. The van der Waals surface area contributed by atoms with Gasteiger partial charge in [-0.25, -0.2) is 9.59 Å². The number of hydrogen-bond donors (Lipinski definition) is 2. The highest BCUT2D eigenvalue weighted by atomic mass is 16.5. The van der Waals surface area contributed by atoms with Crippen molar-refractivity contribution >= 4 is 33.9 Å². The number of ether oxygens (including phenoxy) is 2. The Bertz CT molecular complexity index is 1320. The van der Waals surface area contributed by atoms with Crippen molar-refractivity contribution in [2.75, 3.05) is 14.2 Å². The molecular formula is C22H20N2O6. The lowest BCUT2D eigenvalue weighted by atomic mass is 9.87. The van der Waals surface area contributed by atoms with E-state index in [0.29, 0.717) is 22.4 Å². The molecule has 1 aliphatic heterocycles. The van der Waals surface area contributed by atoms with E-state index in [9.17, 15) is 14.4 Å². The van der Waals surface area contributed by atoms with E-state index in [1.165, 1.54) is 20.5 Å². The van der Waals surface area contributed by atoms with Crippen LogP contribution < -0.4 is 10.7 Å². The molecule has 8 nitrogen and oxygen atoms in total. The number of allylic oxidation sites excluding steroid dienone is 1. The molecule has 1 atom stereocenters. The average molecular weight is 408 g/mol. The van der Waals surface area contributed by atoms with Crippen LogP contribution in [-0.2, 0) is 19.1 Å². The maximum Gasteiger partial charge on any atom is 0.339 e. The molecular weight excluding hydrogens is 388 g/mol. The second-order valence-electron chi connectivity index (χ2n) is 6.99. The van der Waals surface area contributed by atoms with Gasteiger partial charge >= 0.3 is 11.9 Å². The van der Waals surface area contributed by atoms with Gasteiger partial charge in [0.25, 0.3) is 0 Å². The fraction of sp³-hybridized carbons (Fsp3) is 0.227. The molecule has 0 spiro atoms. The van der Waals surface area contributed by atoms with E-state index >= 15 is 0 Å². The quantitative estimate of drug-likeness (QED) is 0.641. The van der Waals surface area contributed by atoms with Crippen LogP contribution in [0, 0.1) is 0 Å². The van der Waals surface area contributed by atoms with Gasteiger partial charge in [-0.3, -0.25) is 4.79 Å². The van der Waals surface area contributed by atoms with Gasteiger partial charge in [-0.05, 0) is 31.6 Å². The minimum Gasteiger partial charge on any atom is -0.466 e. The summed E-state index contributed by atoms with van der Waals surface area (Å²) in [6, 6.07) is 6.57. The molecule has 0 fully saturated rings. The van der Waals surface area contributed by atoms with Crippen molar-refractivity contribution in [2.24, 2.45) is 0 Å². The summed E-state index contributed by atoms with van der Waals surface area (Å²) in [7, 11) is 2.50. The van der Waals surface area contributed by atoms with Crippen LogP contribution in [-0.4, -0.2) is 31.1 Å². The number of esters is 2. The van der Waals surface area contributed by atoms with E-state index in [4.69, 9.17) is 13.9 Å². The molecule has 0 saturated carbocycles. The van der Waals surface area contributed by atoms with E-state index in [0.717, 1.165) is 10.9 Å². The van der Waals surface area contributed by atoms with E-state index in [1.807, 2.05) is 24.3 Å². The minimum absolute atomic E-state index is 0.145. The van der Waals surface area contributed by atoms with Gasteiger partial charge in [-0.1, -0.05) is 12.1 Å². The Labute approximate surface area is 171 Å². The van der Waals surface area contributed by atoms with Crippen LogP contribution in [0.2, 0.25) is 0 Å². The fourth-order valence-corrected chi connectivity index (χ4v) is 3.93. The van der Waals surface area contributed by atoms with Crippen LogP contribution in [0.1, 0.15) is 25.5 Å². The average Bonchev–Trinajstić information content (AvgIpc) is 3.12. The second-order valence-corrected chi connectivity index (χ2v) is 6.99. The first kappa shape index (κ1) is 19.5. The van der Waals surface area contributed by atoms with Crippen molar-refractivity contribution in [1.82, 2.24) is 10.3 Å². The fourth-order valence-electron chi connectivity index (χ4n) is 3.93. The zero-order valence-corrected chi connectivity index (χ0v) is 16.9. The number of benzene rings is 1. The molecule has 2 aromatic heterocycles. The highest BCUT2D eigenvalue weighted by Crippen LogP contribution is 2.35. The Morgan fingerprint density at radius 1 is 1.07 bits per heavy atom. The molecule has 1 aromatic carbocycles. The molecule has 30 heavy (non-hydrogen) atoms. The SMILES string of the molecule is COC(=O)C1=C(C)NC(c2coc3c([nH]c4ccccc43)c2=O)C(C(=O)OC)=C1C. The number of carbonyl (C=O) groups is 2. The van der Waals surface area contributed by atoms with Crippen LogP contribution in [0.4, 0.5) is 0 Å². The standard InChI is InChI=1S/C22H20N2O6/c1-10-15(21(26)28-3)11(2)23-17(16(10)22(27)29-4)13-9-30-20-12-7-5-6-8-14(12)24-18(20)19(13)25/h5-9,17,23-24H,1-4H3. The third-order valence-electron chi connectivity index (χ3n) is 5.36. The molecule has 2 N–H and O–H groups in total. The Morgan fingerprint density at radius 2 is 1.77 bits per heavy atom. The second kappa shape index (κ2) is 7.22. The first-order valence-electron chi connectivity index (χ1n) is 9.26. The van der Waals surface area contributed by atoms with E-state index in [1.54, 1.807) is 13.8 Å². The van der Waals surface area contributed by atoms with E-state index < -0.39 is 18.0 Å². The predicted octanol–water partition coefficient (Wildman–Crippen LogP) is 2.86. The number of para-hydroxylation sites is 1. The van der Waals surface area contributed by atoms with Crippen LogP contribution in [0.3, 0.4) is 0 Å². The monoisotopic (exact) mass is 408 g/mol. The third kappa shape index (κ3) is 2.80. The maximum absolute atomic E-state index is 13.3. The smallest absolute Gasteiger partial charge is 0.339 e. The number of dihydropyridines is 1. The summed E-state index contributed by atoms with van der Waals surface area (Å²) in [5.41, 5.74) is 2.66. The molecule has 0 radical (unpaired) electrons. The highest BCUT2D eigenvalue weighted by molar-refractivity contribution is 6.04. The van der Waals surface area contributed by atoms with Gasteiger partial charge in [0.15, 0.2) is 5.58 Å². The number of methoxy groups -OCH3 is 2. The van der Waals surface area contributed by atoms with Gasteiger partial charge in [-0.2, -0.15) is 0 Å². The number of rotatable bonds is 3. The molecule has 0 saturated heterocycles. The zero-order chi connectivity index (χ0) is 21.6. The van der Waals surface area contributed by atoms with Gasteiger partial charge in [0.2, 0.25) is 5.43 Å². The summed E-state index contributed by atoms with van der Waals surface area (Å²) in [5, 5.41) is 3.87. The van der Waals surface area contributed by atoms with Crippen molar-refractivity contribution in [2.45, 2.75) is 19.9 Å². The first-order valence-corrected chi connectivity index (χ1v) is 9.26. The summed E-state index contributed by atoms with van der Waals surface area (Å²) >= 11 is 0. The Kier molecular flexibility index (Phi) is 4.69. The lowest BCUT2D eigenvalue weighted by Crippen LogP contribution is -2.36. The van der Waals surface area contributed by atoms with Crippen molar-refractivity contribution < 1.29 is 23.5 Å². The lowest BCUT2D eigenvalue weighted by Gasteiger charge is -2.29. The number of hydrogen-bond acceptors (Lipinski definition) is 7. The predicted molar refractivity (Wildman–Crippen MR) is 110 cm³/mol. The lowest BCUT2D eigenvalue weighted by molar-refractivity contribution is -0.136. The molecule has 3 aromatic rings. The summed E-state index contributed by atoms with van der Waals surface area (Å²) in [4.78, 5) is 41.3. The number of aromatic nitrogens is 1. The molecule has 4 rings (SSSR count). The number of nitrogens with one attached hydrogen (secondary N) is 2. The normalized spacial score (nSPS) is 16.7. The summed E-state index contributed by atoms with van der Waals surface area (Å²) in [5.74, 6) is -1.24. The van der Waals surface area contributed by atoms with Gasteiger partial charge in [-0.15, -0.1) is 0 Å². The first-order chi connectivity index (χ1) is 14.4. The molecule has 0 bridgehead atoms. The van der Waals surface area contributed by atoms with Gasteiger partial charge in [0, 0.05) is 16.6 Å². The van der Waals surface area contributed by atoms with Crippen LogP contribution >= 0.6 is 0 Å². The van der Waals surface area contributed by atoms with E-state index in [2.05, 4.69) is 10.3 Å². The number of H-pyrrole nitrogens is 1. The molecule has 3 heterocycles. The largest absolute Gasteiger partial charge is 0.466 e. The molecule has 1 unspecified atom stereocenters. The van der Waals surface area contributed by atoms with Crippen molar-refractivity contribution in [3.05, 3.63) is 68.7 Å². The molecule has 154 valence electrons. The molecule has 0 amide bonds. The summed E-state index contributed by atoms with van der Waals surface area (Å²) < 4.78 is 15.6. The van der Waals surface area contributed by atoms with Crippen LogP contribution in [0.5, 0.6) is 0 Å². The van der Waals surface area contributed by atoms with Crippen molar-refractivity contribution in [3.63, 3.8) is 0 Å². The van der Waals surface area contributed by atoms with Gasteiger partial charge < -0.3 is 24.2 Å². The van der Waals surface area contributed by atoms with Crippen molar-refractivity contribution in [1.29, 1.82) is 0 Å². The van der Waals surface area contributed by atoms with Crippen LogP contribution in [0.15, 0.2) is 62.2 Å². The Morgan fingerprint density at radius 3 is 2.47 bits per heavy atom. The third-order valence-corrected chi connectivity index (χ3v) is 5.36. The number of carbonyl (C=O) groups excluding carboxylic acids is 2. The maximum atomic E-state index is 13.3. The Balaban J connectivity index is 1.94. The molecule has 8 heteroatoms. The summed E-state index contributed by atoms with van der Waals surface area (Å²) in [6.07, 6.45) is 1.34. The van der Waals surface area contributed by atoms with Crippen molar-refractivity contribution in [3.8, 4) is 0 Å². The topological polar surface area (TPSA) is 111 Å².